The highest BCUT2D eigenvalue weighted by molar-refractivity contribution is 5.89. The topological polar surface area (TPSA) is 37.3 Å². The molecule has 2 rings (SSSR count). The van der Waals surface area contributed by atoms with Crippen LogP contribution in [0.3, 0.4) is 0 Å². The summed E-state index contributed by atoms with van der Waals surface area (Å²) in [6, 6.07) is 8.02. The number of carboxylic acid groups (broad SMARTS) is 1. The third-order valence-corrected chi connectivity index (χ3v) is 4.69. The van der Waals surface area contributed by atoms with Gasteiger partial charge in [0.25, 0.3) is 0 Å². The van der Waals surface area contributed by atoms with Gasteiger partial charge in [-0.05, 0) is 60.8 Å². The van der Waals surface area contributed by atoms with E-state index in [4.69, 9.17) is 5.11 Å². The minimum absolute atomic E-state index is 0.250. The molecule has 0 fully saturated rings. The maximum absolute atomic E-state index is 10.7. The zero-order chi connectivity index (χ0) is 17.0. The number of carbonyl (C=O) groups is 1. The Bertz CT molecular complexity index is 670. The van der Waals surface area contributed by atoms with Gasteiger partial charge in [-0.2, -0.15) is 0 Å². The summed E-state index contributed by atoms with van der Waals surface area (Å²) >= 11 is 0. The summed E-state index contributed by atoms with van der Waals surface area (Å²) in [6.45, 7) is 8.69. The van der Waals surface area contributed by atoms with Gasteiger partial charge in [0.15, 0.2) is 0 Å². The van der Waals surface area contributed by atoms with Crippen molar-refractivity contribution in [1.29, 1.82) is 0 Å². The molecule has 0 heterocycles. The Morgan fingerprint density at radius 2 is 1.83 bits per heavy atom. The van der Waals surface area contributed by atoms with Crippen LogP contribution >= 0.6 is 0 Å². The summed E-state index contributed by atoms with van der Waals surface area (Å²) < 4.78 is 0. The number of hydrogen-bond acceptors (Lipinski definition) is 1. The Balaban J connectivity index is 2.19. The van der Waals surface area contributed by atoms with Gasteiger partial charge in [0.05, 0.1) is 0 Å². The fraction of sp³-hybridized carbons (Fsp3) is 0.381. The molecule has 0 atom stereocenters. The molecule has 1 aromatic rings. The minimum Gasteiger partial charge on any atom is -0.478 e. The second-order valence-corrected chi connectivity index (χ2v) is 7.05. The number of aliphatic carboxylic acids is 1. The SMILES string of the molecule is CC1=C(/C=C/c2ccc(/C(C)=C/C(=O)O)cc2)C(C)(C)CCC1. The van der Waals surface area contributed by atoms with Crippen LogP contribution in [-0.4, -0.2) is 11.1 Å². The first-order chi connectivity index (χ1) is 10.8. The van der Waals surface area contributed by atoms with Gasteiger partial charge in [0, 0.05) is 6.08 Å². The molecule has 1 N–H and O–H groups in total. The fourth-order valence-electron chi connectivity index (χ4n) is 3.32. The van der Waals surface area contributed by atoms with Crippen molar-refractivity contribution >= 4 is 17.6 Å². The largest absolute Gasteiger partial charge is 0.478 e. The minimum atomic E-state index is -0.909. The number of rotatable bonds is 4. The van der Waals surface area contributed by atoms with Crippen molar-refractivity contribution in [2.24, 2.45) is 5.41 Å². The molecule has 0 spiro atoms. The Labute approximate surface area is 139 Å². The molecule has 0 bridgehead atoms. The highest BCUT2D eigenvalue weighted by Gasteiger charge is 2.26. The maximum atomic E-state index is 10.7. The molecule has 0 saturated carbocycles. The van der Waals surface area contributed by atoms with Crippen molar-refractivity contribution < 1.29 is 9.90 Å². The second-order valence-electron chi connectivity index (χ2n) is 7.05. The van der Waals surface area contributed by atoms with Crippen LogP contribution in [0.2, 0.25) is 0 Å². The highest BCUT2D eigenvalue weighted by atomic mass is 16.4. The van der Waals surface area contributed by atoms with E-state index in [0.717, 1.165) is 16.7 Å². The zero-order valence-corrected chi connectivity index (χ0v) is 14.5. The van der Waals surface area contributed by atoms with E-state index in [0.29, 0.717) is 0 Å². The lowest BCUT2D eigenvalue weighted by atomic mass is 9.72. The quantitative estimate of drug-likeness (QED) is 0.723. The third kappa shape index (κ3) is 4.44. The van der Waals surface area contributed by atoms with Crippen LogP contribution in [0.15, 0.2) is 47.6 Å². The molecule has 0 amide bonds. The number of hydrogen-bond donors (Lipinski definition) is 1. The van der Waals surface area contributed by atoms with Gasteiger partial charge in [-0.25, -0.2) is 4.79 Å². The smallest absolute Gasteiger partial charge is 0.328 e. The molecular weight excluding hydrogens is 284 g/mol. The molecule has 2 nitrogen and oxygen atoms in total. The van der Waals surface area contributed by atoms with E-state index in [2.05, 4.69) is 32.9 Å². The predicted octanol–water partition coefficient (Wildman–Crippen LogP) is 5.71. The van der Waals surface area contributed by atoms with Crippen LogP contribution in [0.1, 0.15) is 58.1 Å². The standard InChI is InChI=1S/C21H26O2/c1-15-6-5-13-21(3,4)19(15)12-9-17-7-10-18(11-8-17)16(2)14-20(22)23/h7-12,14H,5-6,13H2,1-4H3,(H,22,23)/b12-9+,16-14+. The van der Waals surface area contributed by atoms with Gasteiger partial charge in [-0.1, -0.05) is 55.8 Å². The molecule has 1 aliphatic carbocycles. The lowest BCUT2D eigenvalue weighted by Gasteiger charge is -2.32. The van der Waals surface area contributed by atoms with E-state index >= 15 is 0 Å². The van der Waals surface area contributed by atoms with Crippen molar-refractivity contribution in [3.05, 3.63) is 58.7 Å². The third-order valence-electron chi connectivity index (χ3n) is 4.69. The van der Waals surface area contributed by atoms with Crippen LogP contribution in [-0.2, 0) is 4.79 Å². The predicted molar refractivity (Wildman–Crippen MR) is 97.1 cm³/mol. The van der Waals surface area contributed by atoms with Crippen LogP contribution in [0.5, 0.6) is 0 Å². The second kappa shape index (κ2) is 6.99. The monoisotopic (exact) mass is 310 g/mol. The molecule has 1 aliphatic rings. The number of benzene rings is 1. The van der Waals surface area contributed by atoms with Gasteiger partial charge in [0.1, 0.15) is 0 Å². The molecule has 0 saturated heterocycles. The molecule has 1 aromatic carbocycles. The fourth-order valence-corrected chi connectivity index (χ4v) is 3.32. The highest BCUT2D eigenvalue weighted by Crippen LogP contribution is 2.40. The van der Waals surface area contributed by atoms with E-state index < -0.39 is 5.97 Å². The van der Waals surface area contributed by atoms with Gasteiger partial charge in [-0.3, -0.25) is 0 Å². The molecule has 0 unspecified atom stereocenters. The van der Waals surface area contributed by atoms with Gasteiger partial charge < -0.3 is 5.11 Å². The molecule has 0 aliphatic heterocycles. The van der Waals surface area contributed by atoms with E-state index in [9.17, 15) is 4.79 Å². The van der Waals surface area contributed by atoms with E-state index in [1.165, 1.54) is 36.5 Å². The van der Waals surface area contributed by atoms with Gasteiger partial charge in [0.2, 0.25) is 0 Å². The summed E-state index contributed by atoms with van der Waals surface area (Å²) in [5.74, 6) is -0.909. The average molecular weight is 310 g/mol. The van der Waals surface area contributed by atoms with E-state index in [1.54, 1.807) is 0 Å². The summed E-state index contributed by atoms with van der Waals surface area (Å²) in [5, 5.41) is 8.81. The average Bonchev–Trinajstić information content (AvgIpc) is 2.46. The first-order valence-electron chi connectivity index (χ1n) is 8.19. The molecule has 0 radical (unpaired) electrons. The number of carboxylic acids is 1. The van der Waals surface area contributed by atoms with Gasteiger partial charge >= 0.3 is 5.97 Å². The molecular formula is C21H26O2. The lowest BCUT2D eigenvalue weighted by molar-refractivity contribution is -0.131. The van der Waals surface area contributed by atoms with Crippen molar-refractivity contribution in [2.45, 2.75) is 47.0 Å². The van der Waals surface area contributed by atoms with E-state index in [1.807, 2.05) is 31.2 Å². The molecule has 2 heteroatoms. The maximum Gasteiger partial charge on any atom is 0.328 e. The first kappa shape index (κ1) is 17.3. The van der Waals surface area contributed by atoms with Crippen LogP contribution in [0, 0.1) is 5.41 Å². The molecule has 122 valence electrons. The number of allylic oxidation sites excluding steroid dienone is 4. The van der Waals surface area contributed by atoms with Crippen molar-refractivity contribution in [3.63, 3.8) is 0 Å². The summed E-state index contributed by atoms with van der Waals surface area (Å²) in [6.07, 6.45) is 9.36. The Morgan fingerprint density at radius 1 is 1.17 bits per heavy atom. The zero-order valence-electron chi connectivity index (χ0n) is 14.5. The lowest BCUT2D eigenvalue weighted by Crippen LogP contribution is -2.18. The summed E-state index contributed by atoms with van der Waals surface area (Å²) in [7, 11) is 0. The normalized spacial score (nSPS) is 18.5. The van der Waals surface area contributed by atoms with Crippen LogP contribution in [0.4, 0.5) is 0 Å². The summed E-state index contributed by atoms with van der Waals surface area (Å²) in [5.41, 5.74) is 6.04. The van der Waals surface area contributed by atoms with Gasteiger partial charge in [-0.15, -0.1) is 0 Å². The Morgan fingerprint density at radius 3 is 2.39 bits per heavy atom. The Kier molecular flexibility index (Phi) is 5.25. The van der Waals surface area contributed by atoms with Crippen LogP contribution < -0.4 is 0 Å². The first-order valence-corrected chi connectivity index (χ1v) is 8.19. The summed E-state index contributed by atoms with van der Waals surface area (Å²) in [4.78, 5) is 10.7. The van der Waals surface area contributed by atoms with Crippen molar-refractivity contribution in [1.82, 2.24) is 0 Å². The van der Waals surface area contributed by atoms with Crippen molar-refractivity contribution in [3.8, 4) is 0 Å². The molecule has 23 heavy (non-hydrogen) atoms. The van der Waals surface area contributed by atoms with E-state index in [-0.39, 0.29) is 5.41 Å². The van der Waals surface area contributed by atoms with Crippen LogP contribution in [0.25, 0.3) is 11.6 Å². The van der Waals surface area contributed by atoms with Crippen molar-refractivity contribution in [2.75, 3.05) is 0 Å². The molecule has 0 aromatic heterocycles. The Hall–Kier alpha value is -2.09.